The summed E-state index contributed by atoms with van der Waals surface area (Å²) in [6.07, 6.45) is 2.03. The van der Waals surface area contributed by atoms with E-state index in [0.29, 0.717) is 5.69 Å². The fourth-order valence-electron chi connectivity index (χ4n) is 2.93. The molecule has 4 rings (SSSR count). The molecule has 1 saturated heterocycles. The lowest BCUT2D eigenvalue weighted by Gasteiger charge is -2.16. The molecule has 23 heavy (non-hydrogen) atoms. The second-order valence-electron chi connectivity index (χ2n) is 5.58. The second kappa shape index (κ2) is 5.28. The molecule has 1 aliphatic rings. The van der Waals surface area contributed by atoms with Crippen molar-refractivity contribution < 1.29 is 9.59 Å². The number of nitrogens with zero attached hydrogens (tertiary/aromatic N) is 1. The van der Waals surface area contributed by atoms with Crippen molar-refractivity contribution in [3.8, 4) is 0 Å². The van der Waals surface area contributed by atoms with Crippen molar-refractivity contribution in [2.45, 2.75) is 12.5 Å². The van der Waals surface area contributed by atoms with Crippen LogP contribution >= 0.6 is 0 Å². The van der Waals surface area contributed by atoms with Gasteiger partial charge in [0.05, 0.1) is 12.1 Å². The highest BCUT2D eigenvalue weighted by Gasteiger charge is 2.39. The normalized spacial score (nSPS) is 17.9. The number of anilines is 2. The Morgan fingerprint density at radius 3 is 2.70 bits per heavy atom. The Morgan fingerprint density at radius 2 is 1.87 bits per heavy atom. The average molecular weight is 305 g/mol. The van der Waals surface area contributed by atoms with Gasteiger partial charge in [0.2, 0.25) is 5.91 Å². The predicted molar refractivity (Wildman–Crippen MR) is 89.3 cm³/mol. The van der Waals surface area contributed by atoms with Gasteiger partial charge in [-0.05, 0) is 35.7 Å². The SMILES string of the molecule is O=C1CC(Nc2ccc3cc[nH]c3c2)C(=O)N1c1ccccc1. The van der Waals surface area contributed by atoms with E-state index in [0.717, 1.165) is 16.6 Å². The number of aromatic amines is 1. The first kappa shape index (κ1) is 13.6. The summed E-state index contributed by atoms with van der Waals surface area (Å²) in [5, 5.41) is 4.28. The number of imide groups is 1. The fourth-order valence-corrected chi connectivity index (χ4v) is 2.93. The number of aromatic nitrogens is 1. The van der Waals surface area contributed by atoms with Crippen LogP contribution in [0.2, 0.25) is 0 Å². The van der Waals surface area contributed by atoms with Gasteiger partial charge in [-0.3, -0.25) is 9.59 Å². The monoisotopic (exact) mass is 305 g/mol. The van der Waals surface area contributed by atoms with E-state index in [9.17, 15) is 9.59 Å². The zero-order chi connectivity index (χ0) is 15.8. The maximum absolute atomic E-state index is 12.6. The van der Waals surface area contributed by atoms with Gasteiger partial charge >= 0.3 is 0 Å². The van der Waals surface area contributed by atoms with E-state index in [2.05, 4.69) is 10.3 Å². The molecule has 0 aliphatic carbocycles. The van der Waals surface area contributed by atoms with Gasteiger partial charge in [0.1, 0.15) is 6.04 Å². The lowest BCUT2D eigenvalue weighted by atomic mass is 10.2. The fraction of sp³-hybridized carbons (Fsp3) is 0.111. The number of hydrogen-bond acceptors (Lipinski definition) is 3. The molecule has 114 valence electrons. The molecule has 0 spiro atoms. The highest BCUT2D eigenvalue weighted by molar-refractivity contribution is 6.23. The van der Waals surface area contributed by atoms with E-state index in [1.54, 1.807) is 12.1 Å². The molecule has 2 amide bonds. The number of para-hydroxylation sites is 1. The minimum absolute atomic E-state index is 0.163. The Hall–Kier alpha value is -3.08. The first-order chi connectivity index (χ1) is 11.2. The van der Waals surface area contributed by atoms with E-state index < -0.39 is 6.04 Å². The van der Waals surface area contributed by atoms with E-state index in [1.807, 2.05) is 48.7 Å². The number of carbonyl (C=O) groups excluding carboxylic acids is 2. The molecule has 2 N–H and O–H groups in total. The number of benzene rings is 2. The number of amides is 2. The van der Waals surface area contributed by atoms with Gasteiger partial charge in [-0.2, -0.15) is 0 Å². The summed E-state index contributed by atoms with van der Waals surface area (Å²) in [6.45, 7) is 0. The van der Waals surface area contributed by atoms with Crippen LogP contribution in [0.5, 0.6) is 0 Å². The summed E-state index contributed by atoms with van der Waals surface area (Å²) in [4.78, 5) is 29.2. The first-order valence-electron chi connectivity index (χ1n) is 7.48. The van der Waals surface area contributed by atoms with E-state index in [1.165, 1.54) is 4.90 Å². The molecule has 0 saturated carbocycles. The molecule has 2 aromatic carbocycles. The van der Waals surface area contributed by atoms with Gasteiger partial charge in [0, 0.05) is 17.4 Å². The Balaban J connectivity index is 1.58. The number of carbonyl (C=O) groups is 2. The van der Waals surface area contributed by atoms with Crippen LogP contribution in [0.3, 0.4) is 0 Å². The molecule has 1 aromatic heterocycles. The summed E-state index contributed by atoms with van der Waals surface area (Å²) in [7, 11) is 0. The topological polar surface area (TPSA) is 65.2 Å². The third kappa shape index (κ3) is 2.36. The molecule has 0 bridgehead atoms. The third-order valence-corrected chi connectivity index (χ3v) is 4.06. The second-order valence-corrected chi connectivity index (χ2v) is 5.58. The van der Waals surface area contributed by atoms with Crippen molar-refractivity contribution in [1.29, 1.82) is 0 Å². The molecular formula is C18H15N3O2. The maximum Gasteiger partial charge on any atom is 0.256 e. The van der Waals surface area contributed by atoms with Gasteiger partial charge in [-0.25, -0.2) is 4.90 Å². The number of nitrogens with one attached hydrogen (secondary N) is 2. The summed E-state index contributed by atoms with van der Waals surface area (Å²) in [6, 6.07) is 16.3. The van der Waals surface area contributed by atoms with Gasteiger partial charge in [0.25, 0.3) is 5.91 Å². The Morgan fingerprint density at radius 1 is 1.04 bits per heavy atom. The highest BCUT2D eigenvalue weighted by Crippen LogP contribution is 2.25. The molecule has 5 nitrogen and oxygen atoms in total. The Labute approximate surface area is 132 Å². The lowest BCUT2D eigenvalue weighted by Crippen LogP contribution is -2.34. The van der Waals surface area contributed by atoms with Crippen LogP contribution in [0.25, 0.3) is 10.9 Å². The van der Waals surface area contributed by atoms with Crippen LogP contribution in [0.4, 0.5) is 11.4 Å². The average Bonchev–Trinajstić information content (AvgIpc) is 3.13. The zero-order valence-corrected chi connectivity index (χ0v) is 12.3. The molecule has 0 radical (unpaired) electrons. The van der Waals surface area contributed by atoms with Crippen molar-refractivity contribution in [2.24, 2.45) is 0 Å². The maximum atomic E-state index is 12.6. The summed E-state index contributed by atoms with van der Waals surface area (Å²) >= 11 is 0. The third-order valence-electron chi connectivity index (χ3n) is 4.06. The summed E-state index contributed by atoms with van der Waals surface area (Å²) < 4.78 is 0. The largest absolute Gasteiger partial charge is 0.373 e. The Kier molecular flexibility index (Phi) is 3.12. The van der Waals surface area contributed by atoms with Gasteiger partial charge < -0.3 is 10.3 Å². The minimum atomic E-state index is -0.532. The van der Waals surface area contributed by atoms with Crippen LogP contribution in [-0.2, 0) is 9.59 Å². The molecular weight excluding hydrogens is 290 g/mol. The number of hydrogen-bond donors (Lipinski definition) is 2. The number of fused-ring (bicyclic) bond motifs is 1. The molecule has 3 aromatic rings. The van der Waals surface area contributed by atoms with E-state index in [4.69, 9.17) is 0 Å². The van der Waals surface area contributed by atoms with E-state index >= 15 is 0 Å². The molecule has 1 unspecified atom stereocenters. The lowest BCUT2D eigenvalue weighted by molar-refractivity contribution is -0.121. The highest BCUT2D eigenvalue weighted by atomic mass is 16.2. The predicted octanol–water partition coefficient (Wildman–Crippen LogP) is 2.91. The number of H-pyrrole nitrogens is 1. The van der Waals surface area contributed by atoms with Crippen LogP contribution in [-0.4, -0.2) is 22.8 Å². The smallest absolute Gasteiger partial charge is 0.256 e. The summed E-state index contributed by atoms with van der Waals surface area (Å²) in [5.41, 5.74) is 2.43. The molecule has 1 atom stereocenters. The molecule has 2 heterocycles. The molecule has 1 aliphatic heterocycles. The van der Waals surface area contributed by atoms with Crippen LogP contribution in [0.1, 0.15) is 6.42 Å². The van der Waals surface area contributed by atoms with Crippen molar-refractivity contribution >= 4 is 34.1 Å². The van der Waals surface area contributed by atoms with Crippen molar-refractivity contribution in [3.05, 3.63) is 60.8 Å². The van der Waals surface area contributed by atoms with Crippen molar-refractivity contribution in [1.82, 2.24) is 4.98 Å². The van der Waals surface area contributed by atoms with Crippen molar-refractivity contribution in [2.75, 3.05) is 10.2 Å². The van der Waals surface area contributed by atoms with E-state index in [-0.39, 0.29) is 18.2 Å². The Bertz CT molecular complexity index is 885. The summed E-state index contributed by atoms with van der Waals surface area (Å²) in [5.74, 6) is -0.396. The minimum Gasteiger partial charge on any atom is -0.373 e. The van der Waals surface area contributed by atoms with Crippen LogP contribution < -0.4 is 10.2 Å². The van der Waals surface area contributed by atoms with Crippen LogP contribution in [0, 0.1) is 0 Å². The van der Waals surface area contributed by atoms with Crippen LogP contribution in [0.15, 0.2) is 60.8 Å². The van der Waals surface area contributed by atoms with Crippen molar-refractivity contribution in [3.63, 3.8) is 0 Å². The quantitative estimate of drug-likeness (QED) is 0.731. The standard InChI is InChI=1S/C18H15N3O2/c22-17-11-16(18(23)21(17)14-4-2-1-3-5-14)20-13-7-6-12-8-9-19-15(12)10-13/h1-10,16,19-20H,11H2. The van der Waals surface area contributed by atoms with Gasteiger partial charge in [-0.15, -0.1) is 0 Å². The zero-order valence-electron chi connectivity index (χ0n) is 12.3. The molecule has 1 fully saturated rings. The van der Waals surface area contributed by atoms with Gasteiger partial charge in [-0.1, -0.05) is 24.3 Å². The van der Waals surface area contributed by atoms with Gasteiger partial charge in [0.15, 0.2) is 0 Å². The number of rotatable bonds is 3. The molecule has 5 heteroatoms. The first-order valence-corrected chi connectivity index (χ1v) is 7.48.